The molecule has 0 unspecified atom stereocenters. The third-order valence-corrected chi connectivity index (χ3v) is 3.43. The summed E-state index contributed by atoms with van der Waals surface area (Å²) in [7, 11) is 0. The van der Waals surface area contributed by atoms with Gasteiger partial charge in [0, 0.05) is 10.6 Å². The summed E-state index contributed by atoms with van der Waals surface area (Å²) in [6.07, 6.45) is -0.239. The van der Waals surface area contributed by atoms with Crippen molar-refractivity contribution in [3.63, 3.8) is 0 Å². The first-order chi connectivity index (χ1) is 11.1. The van der Waals surface area contributed by atoms with Crippen LogP contribution in [-0.4, -0.2) is 18.4 Å². The van der Waals surface area contributed by atoms with E-state index in [-0.39, 0.29) is 30.2 Å². The van der Waals surface area contributed by atoms with Crippen molar-refractivity contribution in [2.24, 2.45) is 0 Å². The van der Waals surface area contributed by atoms with E-state index < -0.39 is 17.7 Å². The largest absolute Gasteiger partial charge is 0.460 e. The van der Waals surface area contributed by atoms with Gasteiger partial charge in [-0.25, -0.2) is 4.39 Å². The first kappa shape index (κ1) is 17.0. The van der Waals surface area contributed by atoms with Crippen molar-refractivity contribution in [1.29, 1.82) is 0 Å². The van der Waals surface area contributed by atoms with E-state index in [0.29, 0.717) is 0 Å². The Hall–Kier alpha value is -2.40. The number of benzene rings is 2. The molecule has 0 saturated heterocycles. The van der Waals surface area contributed by atoms with Crippen LogP contribution < -0.4 is 5.32 Å². The van der Waals surface area contributed by atoms with Crippen LogP contribution in [0.1, 0.15) is 11.1 Å². The lowest BCUT2D eigenvalue weighted by atomic mass is 10.1. The summed E-state index contributed by atoms with van der Waals surface area (Å²) in [4.78, 5) is 23.3. The zero-order valence-corrected chi connectivity index (χ0v) is 13.0. The van der Waals surface area contributed by atoms with E-state index in [1.165, 1.54) is 18.2 Å². The van der Waals surface area contributed by atoms with Crippen LogP contribution >= 0.6 is 11.6 Å². The quantitative estimate of drug-likeness (QED) is 0.826. The van der Waals surface area contributed by atoms with Gasteiger partial charge in [0.05, 0.1) is 6.42 Å². The highest BCUT2D eigenvalue weighted by molar-refractivity contribution is 6.31. The number of carbonyl (C=O) groups excluding carboxylic acids is 2. The van der Waals surface area contributed by atoms with Crippen LogP contribution in [0.25, 0.3) is 0 Å². The smallest absolute Gasteiger partial charge is 0.325 e. The van der Waals surface area contributed by atoms with Gasteiger partial charge in [0.15, 0.2) is 0 Å². The Morgan fingerprint density at radius 1 is 1.09 bits per heavy atom. The molecule has 0 fully saturated rings. The summed E-state index contributed by atoms with van der Waals surface area (Å²) < 4.78 is 18.6. The van der Waals surface area contributed by atoms with Crippen LogP contribution in [0.15, 0.2) is 48.5 Å². The fraction of sp³-hybridized carbons (Fsp3) is 0.176. The maximum absolute atomic E-state index is 13.6. The second-order valence-electron chi connectivity index (χ2n) is 4.80. The molecule has 1 N–H and O–H groups in total. The molecule has 0 aliphatic rings. The van der Waals surface area contributed by atoms with Gasteiger partial charge in [-0.2, -0.15) is 0 Å². The molecule has 2 rings (SSSR count). The molecule has 6 heteroatoms. The van der Waals surface area contributed by atoms with Gasteiger partial charge < -0.3 is 10.1 Å². The van der Waals surface area contributed by atoms with E-state index >= 15 is 0 Å². The molecule has 0 bridgehead atoms. The summed E-state index contributed by atoms with van der Waals surface area (Å²) in [6.45, 7) is -0.146. The lowest BCUT2D eigenvalue weighted by Crippen LogP contribution is -2.32. The van der Waals surface area contributed by atoms with Crippen molar-refractivity contribution < 1.29 is 18.7 Å². The number of rotatable bonds is 6. The lowest BCUT2D eigenvalue weighted by molar-refractivity contribution is -0.145. The highest BCUT2D eigenvalue weighted by atomic mass is 35.5. The number of hydrogen-bond acceptors (Lipinski definition) is 3. The number of hydrogen-bond donors (Lipinski definition) is 1. The number of nitrogens with one attached hydrogen (secondary N) is 1. The fourth-order valence-electron chi connectivity index (χ4n) is 1.88. The maximum atomic E-state index is 13.6. The van der Waals surface area contributed by atoms with E-state index in [2.05, 4.69) is 5.32 Å². The maximum Gasteiger partial charge on any atom is 0.325 e. The monoisotopic (exact) mass is 335 g/mol. The number of ether oxygens (including phenoxy) is 1. The molecule has 23 heavy (non-hydrogen) atoms. The first-order valence-electron chi connectivity index (χ1n) is 6.95. The topological polar surface area (TPSA) is 55.4 Å². The molecular weight excluding hydrogens is 321 g/mol. The second-order valence-corrected chi connectivity index (χ2v) is 5.21. The van der Waals surface area contributed by atoms with E-state index in [9.17, 15) is 14.0 Å². The number of halogens is 2. The van der Waals surface area contributed by atoms with Crippen LogP contribution in [0.2, 0.25) is 5.02 Å². The third kappa shape index (κ3) is 5.38. The van der Waals surface area contributed by atoms with Crippen LogP contribution in [0.5, 0.6) is 0 Å². The zero-order chi connectivity index (χ0) is 16.7. The van der Waals surface area contributed by atoms with Crippen molar-refractivity contribution >= 4 is 23.5 Å². The number of esters is 1. The van der Waals surface area contributed by atoms with E-state index in [1.54, 1.807) is 0 Å². The summed E-state index contributed by atoms with van der Waals surface area (Å²) in [5.41, 5.74) is 0.953. The molecule has 1 amide bonds. The molecule has 0 radical (unpaired) electrons. The van der Waals surface area contributed by atoms with Gasteiger partial charge in [-0.3, -0.25) is 9.59 Å². The summed E-state index contributed by atoms with van der Waals surface area (Å²) in [5, 5.41) is 2.56. The predicted molar refractivity (Wildman–Crippen MR) is 84.4 cm³/mol. The summed E-state index contributed by atoms with van der Waals surface area (Å²) in [6, 6.07) is 13.4. The molecule has 0 atom stereocenters. The highest BCUT2D eigenvalue weighted by Gasteiger charge is 2.13. The van der Waals surface area contributed by atoms with Crippen molar-refractivity contribution in [2.75, 3.05) is 6.54 Å². The summed E-state index contributed by atoms with van der Waals surface area (Å²) in [5.74, 6) is -1.63. The van der Waals surface area contributed by atoms with E-state index in [1.807, 2.05) is 30.3 Å². The Morgan fingerprint density at radius 3 is 2.52 bits per heavy atom. The van der Waals surface area contributed by atoms with Crippen LogP contribution in [0.3, 0.4) is 0 Å². The Morgan fingerprint density at radius 2 is 1.83 bits per heavy atom. The number of carbonyl (C=O) groups is 2. The molecule has 0 aliphatic carbocycles. The summed E-state index contributed by atoms with van der Waals surface area (Å²) >= 11 is 5.84. The molecule has 0 heterocycles. The Kier molecular flexibility index (Phi) is 6.11. The van der Waals surface area contributed by atoms with Crippen molar-refractivity contribution in [3.05, 3.63) is 70.5 Å². The standard InChI is InChI=1S/C17H15ClFNO3/c18-14-7-4-8-15(19)13(14)9-16(21)20-10-17(22)23-11-12-5-2-1-3-6-12/h1-8H,9-11H2,(H,20,21). The van der Waals surface area contributed by atoms with Crippen LogP contribution in [0, 0.1) is 5.82 Å². The van der Waals surface area contributed by atoms with Gasteiger partial charge in [-0.15, -0.1) is 0 Å². The predicted octanol–water partition coefficient (Wildman–Crippen LogP) is 2.88. The van der Waals surface area contributed by atoms with Gasteiger partial charge in [0.2, 0.25) is 5.91 Å². The minimum absolute atomic E-state index is 0.101. The van der Waals surface area contributed by atoms with Crippen molar-refractivity contribution in [2.45, 2.75) is 13.0 Å². The minimum atomic E-state index is -0.568. The van der Waals surface area contributed by atoms with Gasteiger partial charge >= 0.3 is 5.97 Å². The van der Waals surface area contributed by atoms with E-state index in [0.717, 1.165) is 5.56 Å². The first-order valence-corrected chi connectivity index (χ1v) is 7.33. The molecule has 2 aromatic carbocycles. The van der Waals surface area contributed by atoms with Gasteiger partial charge in [-0.1, -0.05) is 48.0 Å². The molecule has 120 valence electrons. The lowest BCUT2D eigenvalue weighted by Gasteiger charge is -2.08. The third-order valence-electron chi connectivity index (χ3n) is 3.07. The average molecular weight is 336 g/mol. The van der Waals surface area contributed by atoms with Gasteiger partial charge in [0.1, 0.15) is 19.0 Å². The molecule has 2 aromatic rings. The zero-order valence-electron chi connectivity index (χ0n) is 12.2. The van der Waals surface area contributed by atoms with Crippen LogP contribution in [0.4, 0.5) is 4.39 Å². The molecule has 0 aliphatic heterocycles. The Bertz CT molecular complexity index is 671. The van der Waals surface area contributed by atoms with Crippen molar-refractivity contribution in [3.8, 4) is 0 Å². The number of amides is 1. The Balaban J connectivity index is 1.77. The molecule has 0 spiro atoms. The minimum Gasteiger partial charge on any atom is -0.460 e. The second kappa shape index (κ2) is 8.29. The SMILES string of the molecule is O=C(Cc1c(F)cccc1Cl)NCC(=O)OCc1ccccc1. The van der Waals surface area contributed by atoms with Crippen molar-refractivity contribution in [1.82, 2.24) is 5.32 Å². The normalized spacial score (nSPS) is 10.2. The molecular formula is C17H15ClFNO3. The highest BCUT2D eigenvalue weighted by Crippen LogP contribution is 2.19. The van der Waals surface area contributed by atoms with Gasteiger partial charge in [-0.05, 0) is 17.7 Å². The fourth-order valence-corrected chi connectivity index (χ4v) is 2.11. The van der Waals surface area contributed by atoms with Gasteiger partial charge in [0.25, 0.3) is 0 Å². The molecule has 0 saturated carbocycles. The average Bonchev–Trinajstić information content (AvgIpc) is 2.55. The van der Waals surface area contributed by atoms with E-state index in [4.69, 9.17) is 16.3 Å². The molecule has 0 aromatic heterocycles. The Labute approximate surface area is 138 Å². The molecule has 4 nitrogen and oxygen atoms in total. The van der Waals surface area contributed by atoms with Crippen LogP contribution in [-0.2, 0) is 27.4 Å².